The zero-order valence-corrected chi connectivity index (χ0v) is 13.1. The number of hydrogen-bond acceptors (Lipinski definition) is 2. The summed E-state index contributed by atoms with van der Waals surface area (Å²) in [5.74, 6) is 0.552. The fraction of sp³-hybridized carbons (Fsp3) is 0.667. The van der Waals surface area contributed by atoms with Gasteiger partial charge < -0.3 is 5.32 Å². The van der Waals surface area contributed by atoms with E-state index in [-0.39, 0.29) is 0 Å². The minimum absolute atomic E-state index is 0.497. The maximum absolute atomic E-state index is 3.82. The van der Waals surface area contributed by atoms with Crippen molar-refractivity contribution >= 4 is 0 Å². The molecule has 0 aromatic heterocycles. The lowest BCUT2D eigenvalue weighted by Crippen LogP contribution is -2.47. The Kier molecular flexibility index (Phi) is 6.55. The van der Waals surface area contributed by atoms with Gasteiger partial charge >= 0.3 is 0 Å². The molecule has 2 nitrogen and oxygen atoms in total. The topological polar surface area (TPSA) is 15.3 Å². The molecular formula is C18H30N2. The van der Waals surface area contributed by atoms with Crippen LogP contribution in [0.2, 0.25) is 0 Å². The Labute approximate surface area is 124 Å². The summed E-state index contributed by atoms with van der Waals surface area (Å²) in [7, 11) is 0. The van der Waals surface area contributed by atoms with Gasteiger partial charge in [-0.1, -0.05) is 57.0 Å². The van der Waals surface area contributed by atoms with Gasteiger partial charge in [0.25, 0.3) is 0 Å². The Morgan fingerprint density at radius 3 is 2.45 bits per heavy atom. The fourth-order valence-electron chi connectivity index (χ4n) is 3.21. The van der Waals surface area contributed by atoms with Crippen LogP contribution in [0.1, 0.15) is 57.4 Å². The molecule has 1 heterocycles. The van der Waals surface area contributed by atoms with E-state index in [9.17, 15) is 0 Å². The Balaban J connectivity index is 1.97. The first-order valence-corrected chi connectivity index (χ1v) is 8.35. The van der Waals surface area contributed by atoms with Crippen LogP contribution in [0.3, 0.4) is 0 Å². The van der Waals surface area contributed by atoms with Gasteiger partial charge in [-0.25, -0.2) is 0 Å². The van der Waals surface area contributed by atoms with Crippen LogP contribution in [-0.2, 0) is 0 Å². The van der Waals surface area contributed by atoms with Crippen LogP contribution in [0.4, 0.5) is 0 Å². The molecule has 1 N–H and O–H groups in total. The van der Waals surface area contributed by atoms with E-state index < -0.39 is 0 Å². The van der Waals surface area contributed by atoms with Gasteiger partial charge in [-0.05, 0) is 44.5 Å². The van der Waals surface area contributed by atoms with Gasteiger partial charge in [-0.2, -0.15) is 0 Å². The van der Waals surface area contributed by atoms with Crippen molar-refractivity contribution in [1.82, 2.24) is 10.2 Å². The van der Waals surface area contributed by atoms with Crippen LogP contribution in [0.25, 0.3) is 0 Å². The van der Waals surface area contributed by atoms with Crippen LogP contribution < -0.4 is 5.32 Å². The predicted molar refractivity (Wildman–Crippen MR) is 87.0 cm³/mol. The average Bonchev–Trinajstić information content (AvgIpc) is 3.02. The van der Waals surface area contributed by atoms with E-state index in [1.807, 2.05) is 0 Å². The highest BCUT2D eigenvalue weighted by Gasteiger charge is 2.26. The summed E-state index contributed by atoms with van der Waals surface area (Å²) in [5.41, 5.74) is 1.45. The van der Waals surface area contributed by atoms with E-state index in [1.54, 1.807) is 0 Å². The summed E-state index contributed by atoms with van der Waals surface area (Å²) in [4.78, 5) is 2.64. The Morgan fingerprint density at radius 1 is 1.10 bits per heavy atom. The van der Waals surface area contributed by atoms with Crippen LogP contribution >= 0.6 is 0 Å². The van der Waals surface area contributed by atoms with Crippen LogP contribution in [0.5, 0.6) is 0 Å². The highest BCUT2D eigenvalue weighted by atomic mass is 15.3. The molecule has 1 aromatic carbocycles. The molecule has 112 valence electrons. The maximum atomic E-state index is 3.82. The highest BCUT2D eigenvalue weighted by molar-refractivity contribution is 5.20. The standard InChI is InChI=1S/C18H30N2/c1-3-4-8-13-19-18(20-14-9-10-15-20)16(2)17-11-6-5-7-12-17/h5-7,11-12,16,18-19H,3-4,8-10,13-15H2,1-2H3/t16-,18?/m1/s1. The Hall–Kier alpha value is -0.860. The molecule has 1 unspecified atom stereocenters. The number of nitrogens with one attached hydrogen (secondary N) is 1. The first-order chi connectivity index (χ1) is 9.83. The number of likely N-dealkylation sites (tertiary alicyclic amines) is 1. The van der Waals surface area contributed by atoms with Gasteiger partial charge in [0.1, 0.15) is 0 Å². The van der Waals surface area contributed by atoms with Gasteiger partial charge in [-0.3, -0.25) is 4.90 Å². The molecule has 0 radical (unpaired) electrons. The highest BCUT2D eigenvalue weighted by Crippen LogP contribution is 2.24. The van der Waals surface area contributed by atoms with Crippen molar-refractivity contribution in [3.63, 3.8) is 0 Å². The zero-order valence-electron chi connectivity index (χ0n) is 13.1. The van der Waals surface area contributed by atoms with E-state index >= 15 is 0 Å². The van der Waals surface area contributed by atoms with Gasteiger partial charge in [0, 0.05) is 5.92 Å². The Bertz CT molecular complexity index is 357. The molecule has 2 heteroatoms. The molecule has 1 fully saturated rings. The molecule has 1 saturated heterocycles. The molecule has 1 aliphatic heterocycles. The van der Waals surface area contributed by atoms with Crippen molar-refractivity contribution in [2.24, 2.45) is 0 Å². The van der Waals surface area contributed by atoms with Crippen molar-refractivity contribution < 1.29 is 0 Å². The quantitative estimate of drug-likeness (QED) is 0.721. The van der Waals surface area contributed by atoms with E-state index in [0.717, 1.165) is 6.54 Å². The zero-order chi connectivity index (χ0) is 14.2. The first kappa shape index (κ1) is 15.5. The predicted octanol–water partition coefficient (Wildman–Crippen LogP) is 3.99. The molecular weight excluding hydrogens is 244 g/mol. The van der Waals surface area contributed by atoms with Gasteiger partial charge in [-0.15, -0.1) is 0 Å². The summed E-state index contributed by atoms with van der Waals surface area (Å²) in [6.07, 6.45) is 7.13. The van der Waals surface area contributed by atoms with Gasteiger partial charge in [0.15, 0.2) is 0 Å². The van der Waals surface area contributed by atoms with Crippen LogP contribution in [0, 0.1) is 0 Å². The number of hydrogen-bond donors (Lipinski definition) is 1. The summed E-state index contributed by atoms with van der Waals surface area (Å²) in [6, 6.07) is 11.0. The maximum Gasteiger partial charge on any atom is 0.0664 e. The summed E-state index contributed by atoms with van der Waals surface area (Å²) in [6.45, 7) is 8.28. The SMILES string of the molecule is CCCCCNC([C@H](C)c1ccccc1)N1CCCC1. The molecule has 0 aliphatic carbocycles. The van der Waals surface area contributed by atoms with E-state index in [2.05, 4.69) is 54.4 Å². The third kappa shape index (κ3) is 4.32. The lowest BCUT2D eigenvalue weighted by atomic mass is 9.97. The van der Waals surface area contributed by atoms with E-state index in [0.29, 0.717) is 12.1 Å². The van der Waals surface area contributed by atoms with Crippen LogP contribution in [-0.4, -0.2) is 30.7 Å². The third-order valence-electron chi connectivity index (χ3n) is 4.47. The monoisotopic (exact) mass is 274 g/mol. The number of nitrogens with zero attached hydrogens (tertiary/aromatic N) is 1. The van der Waals surface area contributed by atoms with E-state index in [4.69, 9.17) is 0 Å². The van der Waals surface area contributed by atoms with Crippen molar-refractivity contribution in [2.45, 2.75) is 58.0 Å². The smallest absolute Gasteiger partial charge is 0.0664 e. The van der Waals surface area contributed by atoms with Crippen LogP contribution in [0.15, 0.2) is 30.3 Å². The van der Waals surface area contributed by atoms with Gasteiger partial charge in [0.2, 0.25) is 0 Å². The Morgan fingerprint density at radius 2 is 1.80 bits per heavy atom. The first-order valence-electron chi connectivity index (χ1n) is 8.35. The van der Waals surface area contributed by atoms with Crippen molar-refractivity contribution in [1.29, 1.82) is 0 Å². The van der Waals surface area contributed by atoms with Crippen molar-refractivity contribution in [3.05, 3.63) is 35.9 Å². The second kappa shape index (κ2) is 8.43. The minimum atomic E-state index is 0.497. The molecule has 0 saturated carbocycles. The molecule has 20 heavy (non-hydrogen) atoms. The number of unbranched alkanes of at least 4 members (excludes halogenated alkanes) is 2. The summed E-state index contributed by atoms with van der Waals surface area (Å²) >= 11 is 0. The number of benzene rings is 1. The molecule has 2 rings (SSSR count). The third-order valence-corrected chi connectivity index (χ3v) is 4.47. The van der Waals surface area contributed by atoms with Gasteiger partial charge in [0.05, 0.1) is 6.17 Å². The minimum Gasteiger partial charge on any atom is -0.301 e. The summed E-state index contributed by atoms with van der Waals surface area (Å²) < 4.78 is 0. The molecule has 2 atom stereocenters. The molecule has 1 aromatic rings. The fourth-order valence-corrected chi connectivity index (χ4v) is 3.21. The van der Waals surface area contributed by atoms with E-state index in [1.165, 1.54) is 50.8 Å². The second-order valence-electron chi connectivity index (χ2n) is 6.05. The second-order valence-corrected chi connectivity index (χ2v) is 6.05. The molecule has 0 spiro atoms. The average molecular weight is 274 g/mol. The lowest BCUT2D eigenvalue weighted by Gasteiger charge is -2.34. The van der Waals surface area contributed by atoms with Crippen molar-refractivity contribution in [2.75, 3.05) is 19.6 Å². The molecule has 1 aliphatic rings. The lowest BCUT2D eigenvalue weighted by molar-refractivity contribution is 0.177. The molecule has 0 amide bonds. The largest absolute Gasteiger partial charge is 0.301 e. The molecule has 0 bridgehead atoms. The summed E-state index contributed by atoms with van der Waals surface area (Å²) in [5, 5.41) is 3.82. The normalized spacial score (nSPS) is 19.1. The number of rotatable bonds is 8. The van der Waals surface area contributed by atoms with Crippen molar-refractivity contribution in [3.8, 4) is 0 Å².